The first-order valence-electron chi connectivity index (χ1n) is 7.52. The summed E-state index contributed by atoms with van der Waals surface area (Å²) in [5.41, 5.74) is 1.64. The first-order valence-corrected chi connectivity index (χ1v) is 10.2. The molecule has 0 saturated heterocycles. The number of hydrogen-bond acceptors (Lipinski definition) is 5. The van der Waals surface area contributed by atoms with Gasteiger partial charge in [0.15, 0.2) is 0 Å². The Kier molecular flexibility index (Phi) is 5.72. The van der Waals surface area contributed by atoms with Gasteiger partial charge in [-0.25, -0.2) is 18.1 Å². The first-order chi connectivity index (χ1) is 12.4. The van der Waals surface area contributed by atoms with Crippen molar-refractivity contribution < 1.29 is 13.2 Å². The van der Waals surface area contributed by atoms with Gasteiger partial charge in [0.1, 0.15) is 4.21 Å². The molecule has 0 spiro atoms. The van der Waals surface area contributed by atoms with Gasteiger partial charge in [0.05, 0.1) is 17.2 Å². The lowest BCUT2D eigenvalue weighted by molar-refractivity contribution is -0.115. The fourth-order valence-corrected chi connectivity index (χ4v) is 4.67. The third kappa shape index (κ3) is 4.92. The van der Waals surface area contributed by atoms with Gasteiger partial charge in [0.2, 0.25) is 5.91 Å². The number of carbonyl (C=O) groups excluding carboxylic acids is 1. The molecule has 0 unspecified atom stereocenters. The van der Waals surface area contributed by atoms with E-state index in [-0.39, 0.29) is 10.8 Å². The molecule has 136 valence electrons. The van der Waals surface area contributed by atoms with Crippen molar-refractivity contribution in [1.82, 2.24) is 14.3 Å². The molecule has 0 saturated carbocycles. The molecular weight excluding hydrogens is 396 g/mol. The number of halogens is 1. The molecule has 0 aliphatic carbocycles. The number of thiophene rings is 1. The summed E-state index contributed by atoms with van der Waals surface area (Å²) >= 11 is 6.67. The molecule has 0 radical (unpaired) electrons. The summed E-state index contributed by atoms with van der Waals surface area (Å²) in [6, 6.07) is 10.2. The second kappa shape index (κ2) is 8.00. The van der Waals surface area contributed by atoms with Crippen LogP contribution in [0.25, 0.3) is 0 Å². The molecule has 2 N–H and O–H groups in total. The quantitative estimate of drug-likeness (QED) is 0.626. The zero-order valence-electron chi connectivity index (χ0n) is 13.4. The van der Waals surface area contributed by atoms with E-state index in [2.05, 4.69) is 15.0 Å². The lowest BCUT2D eigenvalue weighted by Crippen LogP contribution is -2.32. The Balaban J connectivity index is 1.53. The minimum absolute atomic E-state index is 0.0687. The van der Waals surface area contributed by atoms with Crippen molar-refractivity contribution in [2.24, 2.45) is 0 Å². The number of hydrogen-bond donors (Lipinski definition) is 2. The number of nitrogens with zero attached hydrogens (tertiary/aromatic N) is 2. The van der Waals surface area contributed by atoms with E-state index in [1.54, 1.807) is 24.7 Å². The zero-order valence-corrected chi connectivity index (χ0v) is 15.8. The van der Waals surface area contributed by atoms with Crippen molar-refractivity contribution in [3.8, 4) is 0 Å². The average Bonchev–Trinajstić information content (AvgIpc) is 3.27. The van der Waals surface area contributed by atoms with Crippen molar-refractivity contribution in [1.29, 1.82) is 0 Å². The molecule has 2 aromatic heterocycles. The number of sulfonamides is 1. The summed E-state index contributed by atoms with van der Waals surface area (Å²) in [6.07, 6.45) is 5.30. The van der Waals surface area contributed by atoms with E-state index in [0.29, 0.717) is 16.6 Å². The molecule has 2 heterocycles. The number of imidazole rings is 1. The third-order valence-corrected chi connectivity index (χ3v) is 6.52. The number of benzene rings is 1. The second-order valence-electron chi connectivity index (χ2n) is 5.36. The number of aromatic nitrogens is 2. The highest BCUT2D eigenvalue weighted by Gasteiger charge is 2.17. The molecule has 0 aliphatic heterocycles. The predicted octanol–water partition coefficient (Wildman–Crippen LogP) is 2.56. The van der Waals surface area contributed by atoms with Gasteiger partial charge in [-0.3, -0.25) is 4.79 Å². The predicted molar refractivity (Wildman–Crippen MR) is 101 cm³/mol. The maximum Gasteiger partial charge on any atom is 0.250 e. The number of carbonyl (C=O) groups is 1. The van der Waals surface area contributed by atoms with Crippen LogP contribution in [0.5, 0.6) is 0 Å². The monoisotopic (exact) mass is 410 g/mol. The summed E-state index contributed by atoms with van der Waals surface area (Å²) in [4.78, 5) is 15.9. The number of anilines is 1. The Labute approximate surface area is 159 Å². The van der Waals surface area contributed by atoms with Crippen LogP contribution in [0, 0.1) is 0 Å². The number of rotatable bonds is 7. The van der Waals surface area contributed by atoms with E-state index in [0.717, 1.165) is 16.9 Å². The Morgan fingerprint density at radius 3 is 2.58 bits per heavy atom. The van der Waals surface area contributed by atoms with Crippen LogP contribution in [-0.4, -0.2) is 30.4 Å². The van der Waals surface area contributed by atoms with Crippen molar-refractivity contribution >= 4 is 44.6 Å². The Bertz CT molecular complexity index is 983. The lowest BCUT2D eigenvalue weighted by Gasteiger charge is -2.08. The normalized spacial score (nSPS) is 11.4. The molecular formula is C16H15ClN4O3S2. The third-order valence-electron chi connectivity index (χ3n) is 3.40. The minimum Gasteiger partial charge on any atom is -0.333 e. The molecule has 3 rings (SSSR count). The second-order valence-corrected chi connectivity index (χ2v) is 9.07. The first kappa shape index (κ1) is 18.6. The van der Waals surface area contributed by atoms with Gasteiger partial charge in [-0.1, -0.05) is 23.7 Å². The molecule has 7 nitrogen and oxygen atoms in total. The van der Waals surface area contributed by atoms with Crippen LogP contribution in [0.2, 0.25) is 4.34 Å². The minimum atomic E-state index is -3.75. The fraction of sp³-hybridized carbons (Fsp3) is 0.125. The molecule has 26 heavy (non-hydrogen) atoms. The number of nitrogens with one attached hydrogen (secondary N) is 2. The maximum absolute atomic E-state index is 12.1. The smallest absolute Gasteiger partial charge is 0.250 e. The van der Waals surface area contributed by atoms with E-state index < -0.39 is 15.9 Å². The highest BCUT2D eigenvalue weighted by molar-refractivity contribution is 7.91. The maximum atomic E-state index is 12.1. The SMILES string of the molecule is O=C(CNS(=O)(=O)c1ccc(Cl)s1)Nc1ccc(Cn2ccnc2)cc1. The van der Waals surface area contributed by atoms with E-state index >= 15 is 0 Å². The highest BCUT2D eigenvalue weighted by Crippen LogP contribution is 2.25. The van der Waals surface area contributed by atoms with Gasteiger partial charge >= 0.3 is 0 Å². The van der Waals surface area contributed by atoms with Crippen molar-refractivity contribution in [2.45, 2.75) is 10.8 Å². The summed E-state index contributed by atoms with van der Waals surface area (Å²) in [6.45, 7) is 0.312. The highest BCUT2D eigenvalue weighted by atomic mass is 35.5. The largest absolute Gasteiger partial charge is 0.333 e. The van der Waals surface area contributed by atoms with Crippen LogP contribution in [-0.2, 0) is 21.4 Å². The van der Waals surface area contributed by atoms with Crippen molar-refractivity contribution in [3.05, 3.63) is 65.0 Å². The van der Waals surface area contributed by atoms with Gasteiger partial charge in [-0.2, -0.15) is 0 Å². The van der Waals surface area contributed by atoms with Gasteiger partial charge in [-0.15, -0.1) is 11.3 Å². The van der Waals surface area contributed by atoms with Gasteiger partial charge in [0, 0.05) is 24.6 Å². The summed E-state index contributed by atoms with van der Waals surface area (Å²) in [5.74, 6) is -0.460. The molecule has 0 bridgehead atoms. The Morgan fingerprint density at radius 2 is 1.96 bits per heavy atom. The molecule has 1 aromatic carbocycles. The average molecular weight is 411 g/mol. The van der Waals surface area contributed by atoms with Crippen LogP contribution >= 0.6 is 22.9 Å². The standard InChI is InChI=1S/C16H15ClN4O3S2/c17-14-5-6-16(25-14)26(23,24)19-9-15(22)20-13-3-1-12(2-4-13)10-21-8-7-18-11-21/h1-8,11,19H,9-10H2,(H,20,22). The van der Waals surface area contributed by atoms with Gasteiger partial charge < -0.3 is 9.88 Å². The Morgan fingerprint density at radius 1 is 1.19 bits per heavy atom. The van der Waals surface area contributed by atoms with Crippen LogP contribution < -0.4 is 10.0 Å². The van der Waals surface area contributed by atoms with Crippen LogP contribution in [0.1, 0.15) is 5.56 Å². The fourth-order valence-electron chi connectivity index (χ4n) is 2.16. The summed E-state index contributed by atoms with van der Waals surface area (Å²) < 4.78 is 28.7. The lowest BCUT2D eigenvalue weighted by atomic mass is 10.2. The molecule has 10 heteroatoms. The Hall–Kier alpha value is -2.20. The topological polar surface area (TPSA) is 93.1 Å². The zero-order chi connectivity index (χ0) is 18.6. The van der Waals surface area contributed by atoms with Gasteiger partial charge in [0.25, 0.3) is 10.0 Å². The summed E-state index contributed by atoms with van der Waals surface area (Å²) in [7, 11) is -3.75. The number of amides is 1. The van der Waals surface area contributed by atoms with E-state index in [1.807, 2.05) is 22.9 Å². The molecule has 0 fully saturated rings. The molecule has 0 atom stereocenters. The van der Waals surface area contributed by atoms with E-state index in [4.69, 9.17) is 11.6 Å². The van der Waals surface area contributed by atoms with Crippen LogP contribution in [0.4, 0.5) is 5.69 Å². The van der Waals surface area contributed by atoms with Crippen LogP contribution in [0.3, 0.4) is 0 Å². The van der Waals surface area contributed by atoms with Crippen molar-refractivity contribution in [2.75, 3.05) is 11.9 Å². The molecule has 0 aliphatic rings. The summed E-state index contributed by atoms with van der Waals surface area (Å²) in [5, 5.41) is 2.65. The van der Waals surface area contributed by atoms with E-state index in [9.17, 15) is 13.2 Å². The van der Waals surface area contributed by atoms with Gasteiger partial charge in [-0.05, 0) is 29.8 Å². The van der Waals surface area contributed by atoms with E-state index in [1.165, 1.54) is 12.1 Å². The van der Waals surface area contributed by atoms with Crippen LogP contribution in [0.15, 0.2) is 59.3 Å². The molecule has 3 aromatic rings. The molecule has 1 amide bonds. The van der Waals surface area contributed by atoms with Crippen molar-refractivity contribution in [3.63, 3.8) is 0 Å².